The molecule has 0 atom stereocenters. The van der Waals surface area contributed by atoms with E-state index in [0.717, 1.165) is 24.2 Å². The summed E-state index contributed by atoms with van der Waals surface area (Å²) >= 11 is 0. The van der Waals surface area contributed by atoms with Crippen LogP contribution >= 0.6 is 0 Å². The summed E-state index contributed by atoms with van der Waals surface area (Å²) in [5.41, 5.74) is 6.06. The van der Waals surface area contributed by atoms with Gasteiger partial charge in [-0.1, -0.05) is 35.9 Å². The first-order valence-corrected chi connectivity index (χ1v) is 7.35. The van der Waals surface area contributed by atoms with Gasteiger partial charge >= 0.3 is 0 Å². The second-order valence-electron chi connectivity index (χ2n) is 5.53. The van der Waals surface area contributed by atoms with Gasteiger partial charge in [-0.15, -0.1) is 0 Å². The van der Waals surface area contributed by atoms with Crippen LogP contribution in [0.3, 0.4) is 0 Å². The fraction of sp³-hybridized carbons (Fsp3) is 0.333. The number of nitrogens with zero attached hydrogens (tertiary/aromatic N) is 1. The lowest BCUT2D eigenvalue weighted by atomic mass is 10.1. The van der Waals surface area contributed by atoms with Gasteiger partial charge in [0.15, 0.2) is 0 Å². The Labute approximate surface area is 120 Å². The molecular formula is C18H21NO. The maximum Gasteiger partial charge on any atom is 0.0702 e. The molecule has 0 aliphatic carbocycles. The highest BCUT2D eigenvalue weighted by Gasteiger charge is 2.18. The first kappa shape index (κ1) is 13.2. The molecule has 2 aromatic rings. The lowest BCUT2D eigenvalue weighted by Crippen LogP contribution is -2.19. The molecule has 2 aromatic carbocycles. The fourth-order valence-corrected chi connectivity index (χ4v) is 3.05. The largest absolute Gasteiger partial charge is 0.392 e. The quantitative estimate of drug-likeness (QED) is 0.890. The first-order chi connectivity index (χ1) is 9.79. The van der Waals surface area contributed by atoms with Crippen molar-refractivity contribution in [1.29, 1.82) is 0 Å². The molecule has 2 heteroatoms. The van der Waals surface area contributed by atoms with Crippen LogP contribution in [0.2, 0.25) is 0 Å². The normalized spacial score (nSPS) is 14.8. The van der Waals surface area contributed by atoms with Crippen LogP contribution in [-0.4, -0.2) is 11.7 Å². The Morgan fingerprint density at radius 2 is 1.90 bits per heavy atom. The molecule has 0 saturated heterocycles. The van der Waals surface area contributed by atoms with E-state index in [2.05, 4.69) is 54.3 Å². The molecule has 0 radical (unpaired) electrons. The number of aryl methyl sites for hydroxylation is 2. The zero-order valence-electron chi connectivity index (χ0n) is 12.0. The van der Waals surface area contributed by atoms with Crippen LogP contribution in [0, 0.1) is 6.92 Å². The third kappa shape index (κ3) is 2.44. The van der Waals surface area contributed by atoms with E-state index in [1.54, 1.807) is 0 Å². The number of aliphatic hydroxyl groups excluding tert-OH is 1. The van der Waals surface area contributed by atoms with Crippen LogP contribution in [0.15, 0.2) is 42.5 Å². The number of hydrogen-bond donors (Lipinski definition) is 1. The lowest BCUT2D eigenvalue weighted by Gasteiger charge is -2.27. The highest BCUT2D eigenvalue weighted by molar-refractivity contribution is 5.70. The van der Waals surface area contributed by atoms with Crippen molar-refractivity contribution in [2.24, 2.45) is 0 Å². The van der Waals surface area contributed by atoms with Crippen LogP contribution < -0.4 is 4.90 Å². The van der Waals surface area contributed by atoms with Crippen molar-refractivity contribution in [3.63, 3.8) is 0 Å². The van der Waals surface area contributed by atoms with Gasteiger partial charge in [0.25, 0.3) is 0 Å². The molecule has 104 valence electrons. The van der Waals surface area contributed by atoms with Crippen molar-refractivity contribution in [2.75, 3.05) is 11.4 Å². The molecular weight excluding hydrogens is 246 g/mol. The smallest absolute Gasteiger partial charge is 0.0702 e. The van der Waals surface area contributed by atoms with Crippen molar-refractivity contribution >= 4 is 11.4 Å². The van der Waals surface area contributed by atoms with Gasteiger partial charge in [0.2, 0.25) is 0 Å². The third-order valence-corrected chi connectivity index (χ3v) is 4.06. The zero-order chi connectivity index (χ0) is 13.9. The minimum absolute atomic E-state index is 0.0929. The minimum atomic E-state index is 0.0929. The predicted octanol–water partition coefficient (Wildman–Crippen LogP) is 3.96. The summed E-state index contributed by atoms with van der Waals surface area (Å²) in [5, 5.41) is 9.67. The SMILES string of the molecule is Cc1ccc(N2CCCCc3ccccc32)c(CO)c1. The van der Waals surface area contributed by atoms with Crippen molar-refractivity contribution < 1.29 is 5.11 Å². The van der Waals surface area contributed by atoms with Crippen LogP contribution in [0.5, 0.6) is 0 Å². The molecule has 2 nitrogen and oxygen atoms in total. The molecule has 0 bridgehead atoms. The van der Waals surface area contributed by atoms with Crippen LogP contribution in [0.25, 0.3) is 0 Å². The summed E-state index contributed by atoms with van der Waals surface area (Å²) < 4.78 is 0. The number of fused-ring (bicyclic) bond motifs is 1. The standard InChI is InChI=1S/C18H21NO/c1-14-9-10-18(16(12-14)13-20)19-11-5-4-7-15-6-2-3-8-17(15)19/h2-3,6,8-10,12,20H,4-5,7,11,13H2,1H3. The van der Waals surface area contributed by atoms with Gasteiger partial charge in [0, 0.05) is 23.5 Å². The maximum atomic E-state index is 9.67. The Balaban J connectivity index is 2.10. The highest BCUT2D eigenvalue weighted by atomic mass is 16.3. The van der Waals surface area contributed by atoms with E-state index < -0.39 is 0 Å². The van der Waals surface area contributed by atoms with Crippen LogP contribution in [-0.2, 0) is 13.0 Å². The summed E-state index contributed by atoms with van der Waals surface area (Å²) in [6, 6.07) is 15.0. The number of para-hydroxylation sites is 1. The summed E-state index contributed by atoms with van der Waals surface area (Å²) in [4.78, 5) is 2.37. The predicted molar refractivity (Wildman–Crippen MR) is 83.5 cm³/mol. The van der Waals surface area contributed by atoms with Crippen LogP contribution in [0.1, 0.15) is 29.5 Å². The summed E-state index contributed by atoms with van der Waals surface area (Å²) in [7, 11) is 0. The van der Waals surface area contributed by atoms with Crippen LogP contribution in [0.4, 0.5) is 11.4 Å². The Morgan fingerprint density at radius 1 is 1.05 bits per heavy atom. The molecule has 0 amide bonds. The molecule has 0 saturated carbocycles. The Bertz CT molecular complexity index is 606. The molecule has 0 unspecified atom stereocenters. The average molecular weight is 267 g/mol. The number of anilines is 2. The van der Waals surface area contributed by atoms with E-state index in [0.29, 0.717) is 0 Å². The van der Waals surface area contributed by atoms with E-state index in [4.69, 9.17) is 0 Å². The number of aliphatic hydroxyl groups is 1. The summed E-state index contributed by atoms with van der Waals surface area (Å²) in [6.07, 6.45) is 3.56. The highest BCUT2D eigenvalue weighted by Crippen LogP contribution is 2.34. The van der Waals surface area contributed by atoms with E-state index >= 15 is 0 Å². The molecule has 0 spiro atoms. The summed E-state index contributed by atoms with van der Waals surface area (Å²) in [6.45, 7) is 3.18. The molecule has 1 N–H and O–H groups in total. The van der Waals surface area contributed by atoms with E-state index in [1.165, 1.54) is 29.7 Å². The zero-order valence-corrected chi connectivity index (χ0v) is 12.0. The summed E-state index contributed by atoms with van der Waals surface area (Å²) in [5.74, 6) is 0. The Kier molecular flexibility index (Phi) is 3.75. The second-order valence-corrected chi connectivity index (χ2v) is 5.53. The van der Waals surface area contributed by atoms with Crippen molar-refractivity contribution in [3.05, 3.63) is 59.2 Å². The van der Waals surface area contributed by atoms with Gasteiger partial charge in [0.1, 0.15) is 0 Å². The van der Waals surface area contributed by atoms with Gasteiger partial charge in [-0.2, -0.15) is 0 Å². The topological polar surface area (TPSA) is 23.5 Å². The third-order valence-electron chi connectivity index (χ3n) is 4.06. The lowest BCUT2D eigenvalue weighted by molar-refractivity contribution is 0.282. The molecule has 1 aliphatic heterocycles. The molecule has 20 heavy (non-hydrogen) atoms. The van der Waals surface area contributed by atoms with Gasteiger partial charge in [0.05, 0.1) is 6.61 Å². The van der Waals surface area contributed by atoms with Crippen molar-refractivity contribution in [2.45, 2.75) is 32.8 Å². The molecule has 0 aromatic heterocycles. The molecule has 3 rings (SSSR count). The number of benzene rings is 2. The van der Waals surface area contributed by atoms with Gasteiger partial charge in [-0.25, -0.2) is 0 Å². The number of hydrogen-bond acceptors (Lipinski definition) is 2. The maximum absolute atomic E-state index is 9.67. The van der Waals surface area contributed by atoms with Crippen molar-refractivity contribution in [1.82, 2.24) is 0 Å². The van der Waals surface area contributed by atoms with Crippen molar-refractivity contribution in [3.8, 4) is 0 Å². The molecule has 0 fully saturated rings. The average Bonchev–Trinajstić information content (AvgIpc) is 2.69. The van der Waals surface area contributed by atoms with Gasteiger partial charge < -0.3 is 10.0 Å². The monoisotopic (exact) mass is 267 g/mol. The van der Waals surface area contributed by atoms with Gasteiger partial charge in [-0.3, -0.25) is 0 Å². The Hall–Kier alpha value is -1.80. The Morgan fingerprint density at radius 3 is 2.75 bits per heavy atom. The van der Waals surface area contributed by atoms with Gasteiger partial charge in [-0.05, 0) is 43.9 Å². The molecule has 1 aliphatic rings. The van der Waals surface area contributed by atoms with E-state index in [9.17, 15) is 5.11 Å². The van der Waals surface area contributed by atoms with E-state index in [-0.39, 0.29) is 6.61 Å². The van der Waals surface area contributed by atoms with E-state index in [1.807, 2.05) is 0 Å². The first-order valence-electron chi connectivity index (χ1n) is 7.35. The fourth-order valence-electron chi connectivity index (χ4n) is 3.05. The minimum Gasteiger partial charge on any atom is -0.392 e. The second kappa shape index (κ2) is 5.68. The number of rotatable bonds is 2. The molecule has 1 heterocycles.